The molecule has 0 spiro atoms. The predicted molar refractivity (Wildman–Crippen MR) is 67.9 cm³/mol. The number of aliphatic carboxylic acids is 1. The number of carboxylic acids is 1. The number of hydrogen-bond donors (Lipinski definition) is 1. The molecule has 0 amide bonds. The smallest absolute Gasteiger partial charge is 0.313 e. The molecule has 2 aromatic carbocycles. The zero-order valence-corrected chi connectivity index (χ0v) is 11.1. The molecule has 0 saturated heterocycles. The van der Waals surface area contributed by atoms with Crippen LogP contribution < -0.4 is 0 Å². The van der Waals surface area contributed by atoms with Crippen molar-refractivity contribution in [3.05, 3.63) is 60.2 Å². The first-order chi connectivity index (χ1) is 7.79. The van der Waals surface area contributed by atoms with Crippen LogP contribution in [0.4, 0.5) is 0 Å². The Kier molecular flexibility index (Phi) is 9.63. The number of carbonyl (C=O) groups is 1. The SMILES string of the molecule is O=C(O)CSC[c-]1[cH-][cH-][cH-][cH-]1.[Fe].c1cc[cH-]c1. The summed E-state index contributed by atoms with van der Waals surface area (Å²) in [6.45, 7) is 0. The van der Waals surface area contributed by atoms with Gasteiger partial charge in [-0.05, 0) is 0 Å². The molecule has 0 fully saturated rings. The van der Waals surface area contributed by atoms with Gasteiger partial charge in [-0.3, -0.25) is 4.79 Å². The molecule has 17 heavy (non-hydrogen) atoms. The summed E-state index contributed by atoms with van der Waals surface area (Å²) >= 11 is 1.42. The normalized spacial score (nSPS) is 8.71. The Hall–Kier alpha value is -0.961. The Morgan fingerprint density at radius 2 is 1.82 bits per heavy atom. The third-order valence-corrected chi connectivity index (χ3v) is 2.77. The zero-order valence-electron chi connectivity index (χ0n) is 9.23. The van der Waals surface area contributed by atoms with Crippen LogP contribution in [0.5, 0.6) is 0 Å². The van der Waals surface area contributed by atoms with Crippen LogP contribution in [0.1, 0.15) is 5.56 Å². The Labute approximate surface area is 116 Å². The summed E-state index contributed by atoms with van der Waals surface area (Å²) in [5.41, 5.74) is 1.19. The van der Waals surface area contributed by atoms with Crippen LogP contribution in [-0.2, 0) is 27.6 Å². The van der Waals surface area contributed by atoms with E-state index in [-0.39, 0.29) is 22.8 Å². The second-order valence-electron chi connectivity index (χ2n) is 3.14. The maximum absolute atomic E-state index is 10.1. The van der Waals surface area contributed by atoms with Crippen LogP contribution in [0.2, 0.25) is 0 Å². The molecule has 2 rings (SSSR count). The molecule has 0 unspecified atom stereocenters. The Bertz CT molecular complexity index is 351. The molecule has 98 valence electrons. The minimum atomic E-state index is -0.749. The fraction of sp³-hybridized carbons (Fsp3) is 0.154. The number of thioether (sulfide) groups is 1. The van der Waals surface area contributed by atoms with E-state index in [0.29, 0.717) is 0 Å². The standard InChI is InChI=1S/C8H9O2S.C5H5.Fe/c9-8(10)6-11-5-7-3-1-2-4-7;1-2-4-5-3-1;/h1-4H,5-6H2,(H,9,10);1-5H;/q-5;-1;. The average Bonchev–Trinajstić information content (AvgIpc) is 2.93. The second kappa shape index (κ2) is 10.2. The molecule has 0 aromatic heterocycles. The van der Waals surface area contributed by atoms with Gasteiger partial charge in [0, 0.05) is 17.1 Å². The first kappa shape index (κ1) is 16.0. The first-order valence-electron chi connectivity index (χ1n) is 4.96. The van der Waals surface area contributed by atoms with Gasteiger partial charge in [-0.1, -0.05) is 0 Å². The summed E-state index contributed by atoms with van der Waals surface area (Å²) in [7, 11) is 0. The van der Waals surface area contributed by atoms with Crippen LogP contribution in [0, 0.1) is 0 Å². The van der Waals surface area contributed by atoms with Gasteiger partial charge in [0.25, 0.3) is 0 Å². The van der Waals surface area contributed by atoms with Crippen molar-refractivity contribution in [1.82, 2.24) is 0 Å². The van der Waals surface area contributed by atoms with Crippen molar-refractivity contribution in [3.8, 4) is 0 Å². The summed E-state index contributed by atoms with van der Waals surface area (Å²) in [6, 6.07) is 17.9. The molecule has 0 bridgehead atoms. The topological polar surface area (TPSA) is 37.3 Å². The van der Waals surface area contributed by atoms with Crippen molar-refractivity contribution >= 4 is 17.7 Å². The van der Waals surface area contributed by atoms with E-state index in [1.54, 1.807) is 0 Å². The fourth-order valence-corrected chi connectivity index (χ4v) is 1.79. The molecular formula is C13H14FeO2S-6. The van der Waals surface area contributed by atoms with Crippen molar-refractivity contribution in [3.63, 3.8) is 0 Å². The quantitative estimate of drug-likeness (QED) is 0.694. The largest absolute Gasteiger partial charge is 0.748 e. The Balaban J connectivity index is 0.000000360. The van der Waals surface area contributed by atoms with Crippen LogP contribution in [0.15, 0.2) is 54.6 Å². The zero-order chi connectivity index (χ0) is 11.6. The number of hydrogen-bond acceptors (Lipinski definition) is 2. The molecule has 0 atom stereocenters. The second-order valence-corrected chi connectivity index (χ2v) is 4.13. The molecule has 0 radical (unpaired) electrons. The monoisotopic (exact) mass is 290 g/mol. The van der Waals surface area contributed by atoms with Gasteiger partial charge < -0.3 is 34.9 Å². The molecule has 0 aliphatic carbocycles. The average molecular weight is 290 g/mol. The van der Waals surface area contributed by atoms with Crippen LogP contribution in [-0.4, -0.2) is 16.8 Å². The van der Waals surface area contributed by atoms with Crippen molar-refractivity contribution in [2.75, 3.05) is 5.75 Å². The third-order valence-electron chi connectivity index (χ3n) is 1.78. The maximum atomic E-state index is 10.1. The summed E-state index contributed by atoms with van der Waals surface area (Å²) < 4.78 is 0. The first-order valence-corrected chi connectivity index (χ1v) is 6.11. The van der Waals surface area contributed by atoms with E-state index >= 15 is 0 Å². The fourth-order valence-electron chi connectivity index (χ4n) is 1.09. The molecule has 0 aliphatic rings. The van der Waals surface area contributed by atoms with E-state index < -0.39 is 5.97 Å². The van der Waals surface area contributed by atoms with Gasteiger partial charge in [-0.2, -0.15) is 35.7 Å². The molecule has 0 heterocycles. The predicted octanol–water partition coefficient (Wildman–Crippen LogP) is 3.13. The Morgan fingerprint density at radius 1 is 1.24 bits per heavy atom. The maximum Gasteiger partial charge on any atom is 0.313 e. The van der Waals surface area contributed by atoms with Crippen LogP contribution in [0.3, 0.4) is 0 Å². The molecule has 0 aliphatic heterocycles. The molecule has 0 saturated carbocycles. The number of rotatable bonds is 4. The van der Waals surface area contributed by atoms with Gasteiger partial charge in [0.2, 0.25) is 0 Å². The van der Waals surface area contributed by atoms with E-state index in [1.165, 1.54) is 17.3 Å². The summed E-state index contributed by atoms with van der Waals surface area (Å²) in [5.74, 6) is 0.228. The summed E-state index contributed by atoms with van der Waals surface area (Å²) in [4.78, 5) is 10.1. The molecule has 1 N–H and O–H groups in total. The van der Waals surface area contributed by atoms with Crippen LogP contribution >= 0.6 is 11.8 Å². The molecule has 2 nitrogen and oxygen atoms in total. The van der Waals surface area contributed by atoms with E-state index in [1.807, 2.05) is 54.6 Å². The number of carboxylic acid groups (broad SMARTS) is 1. The Morgan fingerprint density at radius 3 is 2.24 bits per heavy atom. The minimum Gasteiger partial charge on any atom is -0.748 e. The molecule has 2 aromatic rings. The van der Waals surface area contributed by atoms with Crippen molar-refractivity contribution < 1.29 is 27.0 Å². The molecular weight excluding hydrogens is 276 g/mol. The minimum absolute atomic E-state index is 0. The van der Waals surface area contributed by atoms with Gasteiger partial charge in [-0.15, -0.1) is 0 Å². The van der Waals surface area contributed by atoms with Gasteiger partial charge in [0.05, 0.1) is 5.75 Å². The van der Waals surface area contributed by atoms with Gasteiger partial charge >= 0.3 is 5.97 Å². The molecule has 4 heteroatoms. The van der Waals surface area contributed by atoms with E-state index in [2.05, 4.69) is 0 Å². The van der Waals surface area contributed by atoms with E-state index in [4.69, 9.17) is 5.11 Å². The van der Waals surface area contributed by atoms with Crippen molar-refractivity contribution in [2.45, 2.75) is 5.75 Å². The van der Waals surface area contributed by atoms with Crippen molar-refractivity contribution in [2.24, 2.45) is 0 Å². The third kappa shape index (κ3) is 8.81. The van der Waals surface area contributed by atoms with Gasteiger partial charge in [0.1, 0.15) is 0 Å². The van der Waals surface area contributed by atoms with E-state index in [9.17, 15) is 4.79 Å². The summed E-state index contributed by atoms with van der Waals surface area (Å²) in [6.07, 6.45) is 0. The summed E-state index contributed by atoms with van der Waals surface area (Å²) in [5, 5.41) is 8.32. The van der Waals surface area contributed by atoms with Gasteiger partial charge in [0.15, 0.2) is 0 Å². The van der Waals surface area contributed by atoms with Crippen molar-refractivity contribution in [1.29, 1.82) is 0 Å². The van der Waals surface area contributed by atoms with E-state index in [0.717, 1.165) is 5.75 Å². The van der Waals surface area contributed by atoms with Crippen LogP contribution in [0.25, 0.3) is 0 Å². The van der Waals surface area contributed by atoms with Gasteiger partial charge in [-0.25, -0.2) is 12.1 Å².